The van der Waals surface area contributed by atoms with Crippen LogP contribution >= 0.6 is 0 Å². The fourth-order valence-corrected chi connectivity index (χ4v) is 5.75. The van der Waals surface area contributed by atoms with E-state index in [0.717, 1.165) is 43.1 Å². The van der Waals surface area contributed by atoms with Crippen LogP contribution in [0.2, 0.25) is 0 Å². The van der Waals surface area contributed by atoms with Crippen molar-refractivity contribution in [1.82, 2.24) is 4.90 Å². The number of likely N-dealkylation sites (tertiary alicyclic amines) is 1. The van der Waals surface area contributed by atoms with Crippen LogP contribution < -0.4 is 9.47 Å². The molecule has 3 aromatic rings. The topological polar surface area (TPSA) is 76.1 Å². The minimum Gasteiger partial charge on any atom is -0.508 e. The Balaban J connectivity index is 1.45. The predicted octanol–water partition coefficient (Wildman–Crippen LogP) is 5.28. The van der Waals surface area contributed by atoms with Crippen LogP contribution in [0.4, 0.5) is 8.78 Å². The molecule has 38 heavy (non-hydrogen) atoms. The lowest BCUT2D eigenvalue weighted by atomic mass is 9.86. The third-order valence-corrected chi connectivity index (χ3v) is 8.14. The van der Waals surface area contributed by atoms with Gasteiger partial charge in [-0.3, -0.25) is 9.29 Å². The summed E-state index contributed by atoms with van der Waals surface area (Å²) in [6, 6.07) is 16.3. The third-order valence-electron chi connectivity index (χ3n) is 7.03. The van der Waals surface area contributed by atoms with E-state index in [9.17, 15) is 22.3 Å². The number of aromatic hydroxyl groups is 1. The molecule has 9 heteroatoms. The van der Waals surface area contributed by atoms with Gasteiger partial charge in [-0.25, -0.2) is 12.8 Å². The highest BCUT2D eigenvalue weighted by molar-refractivity contribution is 7.90. The molecule has 3 aromatic carbocycles. The van der Waals surface area contributed by atoms with Crippen molar-refractivity contribution >= 4 is 21.0 Å². The molecule has 1 saturated heterocycles. The van der Waals surface area contributed by atoms with Crippen molar-refractivity contribution in [2.24, 2.45) is 5.92 Å². The Bertz CT molecular complexity index is 1480. The van der Waals surface area contributed by atoms with Crippen molar-refractivity contribution in [3.05, 3.63) is 83.2 Å². The molecule has 0 bridgehead atoms. The number of sulfone groups is 1. The normalized spacial score (nSPS) is 18.1. The second-order valence-electron chi connectivity index (χ2n) is 9.83. The van der Waals surface area contributed by atoms with Gasteiger partial charge in [0.05, 0.1) is 6.67 Å². The van der Waals surface area contributed by atoms with Gasteiger partial charge in [-0.05, 0) is 66.1 Å². The largest absolute Gasteiger partial charge is 0.508 e. The van der Waals surface area contributed by atoms with Crippen LogP contribution in [0.1, 0.15) is 29.7 Å². The summed E-state index contributed by atoms with van der Waals surface area (Å²) in [5.41, 5.74) is 3.41. The minimum absolute atomic E-state index is 0.0698. The first-order valence-electron chi connectivity index (χ1n) is 12.4. The van der Waals surface area contributed by atoms with Crippen LogP contribution in [0.15, 0.2) is 65.6 Å². The maximum atomic E-state index is 14.4. The number of halogens is 2. The van der Waals surface area contributed by atoms with E-state index in [1.807, 2.05) is 31.2 Å². The van der Waals surface area contributed by atoms with Gasteiger partial charge in [-0.2, -0.15) is 0 Å². The molecule has 5 rings (SSSR count). The number of phenolic OH excluding ortho intramolecular Hbond substituents is 1. The van der Waals surface area contributed by atoms with Crippen LogP contribution in [0.25, 0.3) is 11.1 Å². The number of allylic oxidation sites excluding steroid dienone is 1. The number of ether oxygens (including phenoxy) is 2. The Kier molecular flexibility index (Phi) is 7.15. The van der Waals surface area contributed by atoms with E-state index in [0.29, 0.717) is 34.8 Å². The summed E-state index contributed by atoms with van der Waals surface area (Å²) < 4.78 is 63.7. The highest BCUT2D eigenvalue weighted by Gasteiger charge is 2.31. The van der Waals surface area contributed by atoms with Gasteiger partial charge in [0.25, 0.3) is 0 Å². The van der Waals surface area contributed by atoms with Gasteiger partial charge < -0.3 is 14.6 Å². The number of alkyl halides is 1. The number of fused-ring (bicyclic) bond motifs is 1. The summed E-state index contributed by atoms with van der Waals surface area (Å²) >= 11 is 0. The van der Waals surface area contributed by atoms with Crippen LogP contribution in [0, 0.1) is 11.7 Å². The zero-order valence-corrected chi connectivity index (χ0v) is 22.0. The van der Waals surface area contributed by atoms with Gasteiger partial charge >= 0.3 is 0 Å². The summed E-state index contributed by atoms with van der Waals surface area (Å²) in [7, 11) is -3.80. The molecule has 0 saturated carbocycles. The maximum absolute atomic E-state index is 14.4. The molecule has 1 N–H and O–H groups in total. The Hall–Kier alpha value is -3.43. The number of hydrogen-bond donors (Lipinski definition) is 1. The molecule has 2 aliphatic rings. The van der Waals surface area contributed by atoms with Crippen molar-refractivity contribution in [3.8, 4) is 17.2 Å². The number of rotatable bonds is 8. The second kappa shape index (κ2) is 10.4. The Morgan fingerprint density at radius 2 is 1.82 bits per heavy atom. The van der Waals surface area contributed by atoms with Gasteiger partial charge in [-0.15, -0.1) is 0 Å². The molecule has 0 aromatic heterocycles. The molecular formula is C29H29F2NO5S. The van der Waals surface area contributed by atoms with E-state index >= 15 is 0 Å². The summed E-state index contributed by atoms with van der Waals surface area (Å²) in [4.78, 5) is 1.76. The molecule has 2 heterocycles. The monoisotopic (exact) mass is 541 g/mol. The quantitative estimate of drug-likeness (QED) is 0.418. The highest BCUT2D eigenvalue weighted by Crippen LogP contribution is 2.47. The van der Waals surface area contributed by atoms with E-state index in [-0.39, 0.29) is 23.2 Å². The maximum Gasteiger partial charge on any atom is 0.178 e. The van der Waals surface area contributed by atoms with Crippen molar-refractivity contribution in [2.45, 2.75) is 17.9 Å². The van der Waals surface area contributed by atoms with E-state index in [1.165, 1.54) is 12.1 Å². The fraction of sp³-hybridized carbons (Fsp3) is 0.310. The Labute approximate surface area is 221 Å². The van der Waals surface area contributed by atoms with Crippen LogP contribution in [0.5, 0.6) is 17.2 Å². The minimum atomic E-state index is -3.80. The third kappa shape index (κ3) is 5.26. The standard InChI is InChI=1S/C29H29F2NO5S/c1-18-24-14-22(33)6-10-26(24)37-29(28(18)21-5-9-25(31)27(13-21)38(2,34)35)20-3-7-23(8-4-20)36-12-11-32-16-19(15-30)17-32/h3-10,13-14,19,29,33H,11-12,15-17H2,1-2H3. The fourth-order valence-electron chi connectivity index (χ4n) is 4.99. The molecule has 0 amide bonds. The Morgan fingerprint density at radius 3 is 2.50 bits per heavy atom. The average Bonchev–Trinajstić information content (AvgIpc) is 2.86. The molecule has 1 atom stereocenters. The number of nitrogens with zero attached hydrogens (tertiary/aromatic N) is 1. The van der Waals surface area contributed by atoms with Crippen molar-refractivity contribution in [2.75, 3.05) is 39.2 Å². The molecule has 1 unspecified atom stereocenters. The van der Waals surface area contributed by atoms with Crippen LogP contribution in [0.3, 0.4) is 0 Å². The first-order chi connectivity index (χ1) is 18.1. The second-order valence-corrected chi connectivity index (χ2v) is 11.8. The molecule has 6 nitrogen and oxygen atoms in total. The first kappa shape index (κ1) is 26.2. The molecular weight excluding hydrogens is 512 g/mol. The van der Waals surface area contributed by atoms with E-state index < -0.39 is 21.8 Å². The van der Waals surface area contributed by atoms with E-state index in [2.05, 4.69) is 4.90 Å². The van der Waals surface area contributed by atoms with Gasteiger partial charge in [0.1, 0.15) is 40.7 Å². The molecule has 0 spiro atoms. The lowest BCUT2D eigenvalue weighted by molar-refractivity contribution is 0.0668. The van der Waals surface area contributed by atoms with E-state index in [1.54, 1.807) is 18.2 Å². The summed E-state index contributed by atoms with van der Waals surface area (Å²) in [6.45, 7) is 4.33. The van der Waals surface area contributed by atoms with Crippen molar-refractivity contribution in [1.29, 1.82) is 0 Å². The van der Waals surface area contributed by atoms with Gasteiger partial charge in [0, 0.05) is 42.9 Å². The van der Waals surface area contributed by atoms with Gasteiger partial charge in [-0.1, -0.05) is 18.2 Å². The first-order valence-corrected chi connectivity index (χ1v) is 14.2. The SMILES string of the molecule is CC1=C(c2ccc(F)c(S(C)(=O)=O)c2)C(c2ccc(OCCN3CC(CF)C3)cc2)Oc2ccc(O)cc21. The lowest BCUT2D eigenvalue weighted by Gasteiger charge is -2.37. The molecule has 1 fully saturated rings. The summed E-state index contributed by atoms with van der Waals surface area (Å²) in [5, 5.41) is 10.1. The van der Waals surface area contributed by atoms with Crippen LogP contribution in [-0.2, 0) is 9.84 Å². The summed E-state index contributed by atoms with van der Waals surface area (Å²) in [5.74, 6) is 0.641. The number of hydrogen-bond acceptors (Lipinski definition) is 6. The smallest absolute Gasteiger partial charge is 0.178 e. The van der Waals surface area contributed by atoms with Gasteiger partial charge in [0.2, 0.25) is 0 Å². The lowest BCUT2D eigenvalue weighted by Crippen LogP contribution is -2.49. The number of phenols is 1. The van der Waals surface area contributed by atoms with Gasteiger partial charge in [0.15, 0.2) is 9.84 Å². The summed E-state index contributed by atoms with van der Waals surface area (Å²) in [6.07, 6.45) is 0.358. The van der Waals surface area contributed by atoms with Crippen LogP contribution in [-0.4, -0.2) is 57.6 Å². The molecule has 0 radical (unpaired) electrons. The van der Waals surface area contributed by atoms with E-state index in [4.69, 9.17) is 9.47 Å². The van der Waals surface area contributed by atoms with Crippen molar-refractivity contribution < 1.29 is 31.8 Å². The molecule has 200 valence electrons. The Morgan fingerprint density at radius 1 is 1.08 bits per heavy atom. The average molecular weight is 542 g/mol. The zero-order valence-electron chi connectivity index (χ0n) is 21.2. The number of benzene rings is 3. The molecule has 0 aliphatic carbocycles. The predicted molar refractivity (Wildman–Crippen MR) is 141 cm³/mol. The zero-order chi connectivity index (χ0) is 27.0. The van der Waals surface area contributed by atoms with Crippen molar-refractivity contribution in [3.63, 3.8) is 0 Å². The molecule has 2 aliphatic heterocycles. The highest BCUT2D eigenvalue weighted by atomic mass is 32.2.